The van der Waals surface area contributed by atoms with E-state index in [2.05, 4.69) is 36.1 Å². The van der Waals surface area contributed by atoms with Crippen molar-refractivity contribution in [1.29, 1.82) is 0 Å². The maximum Gasteiger partial charge on any atom is 0.137 e. The minimum atomic E-state index is -0.169. The Bertz CT molecular complexity index is 529. The first-order chi connectivity index (χ1) is 7.55. The molecule has 3 N–H and O–H groups in total. The maximum atomic E-state index is 6.32. The Morgan fingerprint density at radius 3 is 2.81 bits per heavy atom. The van der Waals surface area contributed by atoms with Crippen molar-refractivity contribution in [3.63, 3.8) is 0 Å². The van der Waals surface area contributed by atoms with E-state index in [0.29, 0.717) is 0 Å². The minimum absolute atomic E-state index is 0.147. The van der Waals surface area contributed by atoms with Gasteiger partial charge in [0.15, 0.2) is 0 Å². The van der Waals surface area contributed by atoms with Crippen molar-refractivity contribution in [2.75, 3.05) is 0 Å². The summed E-state index contributed by atoms with van der Waals surface area (Å²) in [5.74, 6) is 0. The second kappa shape index (κ2) is 2.86. The number of nitrogens with zero attached hydrogens (tertiary/aromatic N) is 1. The molecule has 2 heterocycles. The molecule has 0 spiro atoms. The number of aromatic nitrogens is 2. The molecule has 2 aromatic heterocycles. The summed E-state index contributed by atoms with van der Waals surface area (Å²) in [6, 6.07) is 4.11. The average molecular weight is 215 g/mol. The molecule has 0 saturated heterocycles. The molecule has 2 aromatic rings. The molecule has 3 rings (SSSR count). The van der Waals surface area contributed by atoms with E-state index in [1.54, 1.807) is 0 Å². The summed E-state index contributed by atoms with van der Waals surface area (Å²) in [6.45, 7) is 4.24. The van der Waals surface area contributed by atoms with Gasteiger partial charge < -0.3 is 10.7 Å². The summed E-state index contributed by atoms with van der Waals surface area (Å²) in [5.41, 5.74) is 8.60. The second-order valence-corrected chi connectivity index (χ2v) is 5.41. The zero-order valence-electron chi connectivity index (χ0n) is 9.75. The lowest BCUT2D eigenvalue weighted by Crippen LogP contribution is -2.45. The molecule has 1 saturated carbocycles. The summed E-state index contributed by atoms with van der Waals surface area (Å²) < 4.78 is 0. The van der Waals surface area contributed by atoms with Crippen molar-refractivity contribution in [3.8, 4) is 0 Å². The summed E-state index contributed by atoms with van der Waals surface area (Å²) in [4.78, 5) is 7.57. The van der Waals surface area contributed by atoms with Crippen LogP contribution < -0.4 is 5.73 Å². The first kappa shape index (κ1) is 9.85. The summed E-state index contributed by atoms with van der Waals surface area (Å²) in [7, 11) is 0. The van der Waals surface area contributed by atoms with E-state index >= 15 is 0 Å². The molecule has 0 aliphatic heterocycles. The van der Waals surface area contributed by atoms with Gasteiger partial charge in [0, 0.05) is 28.7 Å². The Kier molecular flexibility index (Phi) is 1.76. The van der Waals surface area contributed by atoms with Crippen LogP contribution in [0, 0.1) is 0 Å². The van der Waals surface area contributed by atoms with Crippen molar-refractivity contribution in [2.24, 2.45) is 5.73 Å². The molecular formula is C13H17N3. The van der Waals surface area contributed by atoms with E-state index in [9.17, 15) is 0 Å². The highest BCUT2D eigenvalue weighted by atomic mass is 14.9. The minimum Gasteiger partial charge on any atom is -0.346 e. The van der Waals surface area contributed by atoms with Gasteiger partial charge in [0.05, 0.1) is 0 Å². The van der Waals surface area contributed by atoms with Crippen molar-refractivity contribution < 1.29 is 0 Å². The van der Waals surface area contributed by atoms with Gasteiger partial charge in [-0.25, -0.2) is 4.98 Å². The number of pyridine rings is 1. The van der Waals surface area contributed by atoms with Crippen LogP contribution in [0.4, 0.5) is 0 Å². The number of rotatable bonds is 2. The number of hydrogen-bond donors (Lipinski definition) is 2. The first-order valence-corrected chi connectivity index (χ1v) is 5.76. The SMILES string of the molecule is CC(C)(N)C1(c2c[nH]c3ncccc23)CC1. The molecule has 0 amide bonds. The number of H-pyrrole nitrogens is 1. The van der Waals surface area contributed by atoms with Gasteiger partial charge in [-0.15, -0.1) is 0 Å². The van der Waals surface area contributed by atoms with Crippen LogP contribution in [0.15, 0.2) is 24.5 Å². The summed E-state index contributed by atoms with van der Waals surface area (Å²) in [6.07, 6.45) is 6.26. The maximum absolute atomic E-state index is 6.32. The number of nitrogens with two attached hydrogens (primary N) is 1. The highest BCUT2D eigenvalue weighted by Crippen LogP contribution is 2.56. The predicted molar refractivity (Wildman–Crippen MR) is 65.3 cm³/mol. The molecular weight excluding hydrogens is 198 g/mol. The molecule has 3 nitrogen and oxygen atoms in total. The smallest absolute Gasteiger partial charge is 0.137 e. The Balaban J connectivity index is 2.21. The summed E-state index contributed by atoms with van der Waals surface area (Å²) in [5, 5.41) is 1.22. The van der Waals surface area contributed by atoms with E-state index in [4.69, 9.17) is 5.73 Å². The van der Waals surface area contributed by atoms with Crippen molar-refractivity contribution >= 4 is 11.0 Å². The number of fused-ring (bicyclic) bond motifs is 1. The Morgan fingerprint density at radius 1 is 1.44 bits per heavy atom. The van der Waals surface area contributed by atoms with Crippen LogP contribution >= 0.6 is 0 Å². The van der Waals surface area contributed by atoms with Crippen LogP contribution in [0.5, 0.6) is 0 Å². The fourth-order valence-electron chi connectivity index (χ4n) is 2.74. The fraction of sp³-hybridized carbons (Fsp3) is 0.462. The third kappa shape index (κ3) is 1.15. The van der Waals surface area contributed by atoms with Crippen LogP contribution in [-0.4, -0.2) is 15.5 Å². The van der Waals surface area contributed by atoms with Crippen molar-refractivity contribution in [1.82, 2.24) is 9.97 Å². The molecule has 0 radical (unpaired) electrons. The van der Waals surface area contributed by atoms with Gasteiger partial charge in [0.2, 0.25) is 0 Å². The van der Waals surface area contributed by atoms with Crippen LogP contribution in [0.3, 0.4) is 0 Å². The van der Waals surface area contributed by atoms with Crippen LogP contribution in [-0.2, 0) is 5.41 Å². The Labute approximate surface area is 95.1 Å². The molecule has 0 atom stereocenters. The van der Waals surface area contributed by atoms with E-state index in [-0.39, 0.29) is 11.0 Å². The standard InChI is InChI=1S/C13H17N3/c1-12(2,14)13(5-6-13)10-8-16-11-9(10)4-3-7-15-11/h3-4,7-8H,5-6,14H2,1-2H3,(H,15,16). The van der Waals surface area contributed by atoms with Crippen molar-refractivity contribution in [3.05, 3.63) is 30.1 Å². The summed E-state index contributed by atoms with van der Waals surface area (Å²) >= 11 is 0. The molecule has 1 aliphatic carbocycles. The average Bonchev–Trinajstić information content (AvgIpc) is 2.93. The fourth-order valence-corrected chi connectivity index (χ4v) is 2.74. The third-order valence-electron chi connectivity index (χ3n) is 3.95. The molecule has 16 heavy (non-hydrogen) atoms. The number of aromatic amines is 1. The normalized spacial score (nSPS) is 18.9. The number of nitrogens with one attached hydrogen (secondary N) is 1. The molecule has 1 fully saturated rings. The zero-order chi connectivity index (χ0) is 11.4. The largest absolute Gasteiger partial charge is 0.346 e. The van der Waals surface area contributed by atoms with E-state index in [1.807, 2.05) is 12.3 Å². The highest BCUT2D eigenvalue weighted by molar-refractivity contribution is 5.81. The third-order valence-corrected chi connectivity index (χ3v) is 3.95. The molecule has 1 aliphatic rings. The zero-order valence-corrected chi connectivity index (χ0v) is 9.75. The second-order valence-electron chi connectivity index (χ2n) is 5.41. The van der Waals surface area contributed by atoms with Gasteiger partial charge in [-0.05, 0) is 44.4 Å². The lowest BCUT2D eigenvalue weighted by molar-refractivity contribution is 0.394. The van der Waals surface area contributed by atoms with Gasteiger partial charge in [0.25, 0.3) is 0 Å². The highest BCUT2D eigenvalue weighted by Gasteiger charge is 2.54. The van der Waals surface area contributed by atoms with Crippen LogP contribution in [0.2, 0.25) is 0 Å². The molecule has 3 heteroatoms. The topological polar surface area (TPSA) is 54.7 Å². The molecule has 0 unspecified atom stereocenters. The van der Waals surface area contributed by atoms with Crippen LogP contribution in [0.1, 0.15) is 32.3 Å². The molecule has 0 aromatic carbocycles. The van der Waals surface area contributed by atoms with Gasteiger partial charge in [-0.1, -0.05) is 0 Å². The quantitative estimate of drug-likeness (QED) is 0.807. The van der Waals surface area contributed by atoms with E-state index < -0.39 is 0 Å². The van der Waals surface area contributed by atoms with E-state index in [0.717, 1.165) is 5.65 Å². The van der Waals surface area contributed by atoms with Crippen molar-refractivity contribution in [2.45, 2.75) is 37.6 Å². The first-order valence-electron chi connectivity index (χ1n) is 5.76. The van der Waals surface area contributed by atoms with E-state index in [1.165, 1.54) is 23.8 Å². The monoisotopic (exact) mass is 215 g/mol. The Morgan fingerprint density at radius 2 is 2.19 bits per heavy atom. The van der Waals surface area contributed by atoms with Crippen LogP contribution in [0.25, 0.3) is 11.0 Å². The molecule has 84 valence electrons. The predicted octanol–water partition coefficient (Wildman–Crippen LogP) is 2.33. The van der Waals surface area contributed by atoms with Gasteiger partial charge in [0.1, 0.15) is 5.65 Å². The Hall–Kier alpha value is -1.35. The lowest BCUT2D eigenvalue weighted by atomic mass is 9.79. The molecule has 0 bridgehead atoms. The van der Waals surface area contributed by atoms with Gasteiger partial charge >= 0.3 is 0 Å². The number of hydrogen-bond acceptors (Lipinski definition) is 2. The van der Waals surface area contributed by atoms with Gasteiger partial charge in [-0.3, -0.25) is 0 Å². The lowest BCUT2D eigenvalue weighted by Gasteiger charge is -2.30. The van der Waals surface area contributed by atoms with Gasteiger partial charge in [-0.2, -0.15) is 0 Å².